The molecule has 1 N–H and O–H groups in total. The van der Waals surface area contributed by atoms with Crippen LogP contribution < -0.4 is 10.2 Å². The van der Waals surface area contributed by atoms with E-state index in [0.29, 0.717) is 13.2 Å². The number of piperazine rings is 1. The summed E-state index contributed by atoms with van der Waals surface area (Å²) in [5.74, 6) is 0.105. The van der Waals surface area contributed by atoms with Crippen LogP contribution in [-0.2, 0) is 9.53 Å². The highest BCUT2D eigenvalue weighted by molar-refractivity contribution is 6.30. The maximum absolute atomic E-state index is 12.4. The van der Waals surface area contributed by atoms with E-state index in [9.17, 15) is 4.79 Å². The van der Waals surface area contributed by atoms with E-state index in [-0.39, 0.29) is 12.0 Å². The largest absolute Gasteiger partial charge is 0.368 e. The zero-order valence-corrected chi connectivity index (χ0v) is 12.7. The molecule has 0 aromatic heterocycles. The molecule has 2 fully saturated rings. The predicted molar refractivity (Wildman–Crippen MR) is 82.9 cm³/mol. The number of carbonyl (C=O) groups excluding carboxylic acids is 1. The van der Waals surface area contributed by atoms with Crippen molar-refractivity contribution >= 4 is 23.2 Å². The summed E-state index contributed by atoms with van der Waals surface area (Å²) in [6.45, 7) is 5.16. The minimum absolute atomic E-state index is 0.105. The molecule has 2 saturated heterocycles. The van der Waals surface area contributed by atoms with Crippen LogP contribution in [0, 0.1) is 0 Å². The molecule has 1 aromatic rings. The molecule has 1 unspecified atom stereocenters. The van der Waals surface area contributed by atoms with Gasteiger partial charge in [0.25, 0.3) is 5.91 Å². The molecule has 0 aliphatic carbocycles. The first-order valence-electron chi connectivity index (χ1n) is 7.36. The average Bonchev–Trinajstić information content (AvgIpc) is 2.55. The zero-order valence-electron chi connectivity index (χ0n) is 11.9. The van der Waals surface area contributed by atoms with Gasteiger partial charge in [0, 0.05) is 50.0 Å². The minimum atomic E-state index is -0.323. The summed E-state index contributed by atoms with van der Waals surface area (Å²) < 4.78 is 5.54. The van der Waals surface area contributed by atoms with Crippen LogP contribution in [0.25, 0.3) is 0 Å². The molecule has 0 radical (unpaired) electrons. The van der Waals surface area contributed by atoms with Gasteiger partial charge in [-0.2, -0.15) is 0 Å². The number of anilines is 1. The Morgan fingerprint density at radius 2 is 2.10 bits per heavy atom. The second kappa shape index (κ2) is 6.64. The number of hydrogen-bond donors (Lipinski definition) is 1. The minimum Gasteiger partial charge on any atom is -0.368 e. The van der Waals surface area contributed by atoms with Gasteiger partial charge in [0.2, 0.25) is 0 Å². The van der Waals surface area contributed by atoms with Crippen molar-refractivity contribution in [3.63, 3.8) is 0 Å². The molecular formula is C15H20ClN3O2. The van der Waals surface area contributed by atoms with Crippen LogP contribution in [0.1, 0.15) is 0 Å². The fourth-order valence-electron chi connectivity index (χ4n) is 2.79. The Bertz CT molecular complexity index is 497. The van der Waals surface area contributed by atoms with E-state index in [4.69, 9.17) is 16.3 Å². The molecule has 1 atom stereocenters. The van der Waals surface area contributed by atoms with E-state index in [1.165, 1.54) is 0 Å². The first kappa shape index (κ1) is 14.6. The highest BCUT2D eigenvalue weighted by Gasteiger charge is 2.29. The van der Waals surface area contributed by atoms with Crippen molar-refractivity contribution < 1.29 is 9.53 Å². The van der Waals surface area contributed by atoms with E-state index in [2.05, 4.69) is 16.3 Å². The van der Waals surface area contributed by atoms with Gasteiger partial charge in [0.1, 0.15) is 6.10 Å². The Kier molecular flexibility index (Phi) is 4.63. The second-order valence-electron chi connectivity index (χ2n) is 5.36. The van der Waals surface area contributed by atoms with Crippen molar-refractivity contribution in [2.75, 3.05) is 50.8 Å². The van der Waals surface area contributed by atoms with Crippen molar-refractivity contribution in [2.45, 2.75) is 6.10 Å². The summed E-state index contributed by atoms with van der Waals surface area (Å²) in [5, 5.41) is 3.94. The summed E-state index contributed by atoms with van der Waals surface area (Å²) in [6.07, 6.45) is -0.323. The monoisotopic (exact) mass is 309 g/mol. The Balaban J connectivity index is 1.56. The SMILES string of the molecule is O=C(C1CNCCO1)N1CCN(c2cccc(Cl)c2)CC1. The number of nitrogens with zero attached hydrogens (tertiary/aromatic N) is 2. The predicted octanol–water partition coefficient (Wildman–Crippen LogP) is 0.977. The maximum atomic E-state index is 12.4. The zero-order chi connectivity index (χ0) is 14.7. The highest BCUT2D eigenvalue weighted by Crippen LogP contribution is 2.21. The highest BCUT2D eigenvalue weighted by atomic mass is 35.5. The standard InChI is InChI=1S/C15H20ClN3O2/c16-12-2-1-3-13(10-12)18-5-7-19(8-6-18)15(20)14-11-17-4-9-21-14/h1-3,10,14,17H,4-9,11H2. The van der Waals surface area contributed by atoms with Crippen molar-refractivity contribution in [1.82, 2.24) is 10.2 Å². The summed E-state index contributed by atoms with van der Waals surface area (Å²) >= 11 is 6.03. The fraction of sp³-hybridized carbons (Fsp3) is 0.533. The van der Waals surface area contributed by atoms with Gasteiger partial charge in [-0.3, -0.25) is 4.79 Å². The molecule has 1 aromatic carbocycles. The lowest BCUT2D eigenvalue weighted by Crippen LogP contribution is -2.55. The summed E-state index contributed by atoms with van der Waals surface area (Å²) in [4.78, 5) is 16.5. The normalized spacial score (nSPS) is 23.2. The van der Waals surface area contributed by atoms with Crippen molar-refractivity contribution in [3.05, 3.63) is 29.3 Å². The third-order valence-corrected chi connectivity index (χ3v) is 4.20. The van der Waals surface area contributed by atoms with Gasteiger partial charge < -0.3 is 19.9 Å². The molecule has 0 spiro atoms. The quantitative estimate of drug-likeness (QED) is 0.884. The van der Waals surface area contributed by atoms with Gasteiger partial charge >= 0.3 is 0 Å². The Labute approximate surface area is 129 Å². The Hall–Kier alpha value is -1.30. The maximum Gasteiger partial charge on any atom is 0.253 e. The van der Waals surface area contributed by atoms with Gasteiger partial charge in [0.15, 0.2) is 0 Å². The Morgan fingerprint density at radius 1 is 1.29 bits per heavy atom. The van der Waals surface area contributed by atoms with Gasteiger partial charge in [-0.25, -0.2) is 0 Å². The number of ether oxygens (including phenoxy) is 1. The van der Waals surface area contributed by atoms with E-state index in [1.807, 2.05) is 23.1 Å². The van der Waals surface area contributed by atoms with Gasteiger partial charge in [0.05, 0.1) is 6.61 Å². The summed E-state index contributed by atoms with van der Waals surface area (Å²) in [6, 6.07) is 7.85. The number of halogens is 1. The molecule has 3 rings (SSSR count). The molecule has 2 aliphatic heterocycles. The summed E-state index contributed by atoms with van der Waals surface area (Å²) in [5.41, 5.74) is 1.12. The van der Waals surface area contributed by atoms with Crippen molar-refractivity contribution in [2.24, 2.45) is 0 Å². The van der Waals surface area contributed by atoms with Crippen LogP contribution in [0.5, 0.6) is 0 Å². The first-order valence-corrected chi connectivity index (χ1v) is 7.73. The van der Waals surface area contributed by atoms with Gasteiger partial charge in [-0.15, -0.1) is 0 Å². The molecule has 6 heteroatoms. The lowest BCUT2D eigenvalue weighted by molar-refractivity contribution is -0.145. The fourth-order valence-corrected chi connectivity index (χ4v) is 2.97. The van der Waals surface area contributed by atoms with Crippen LogP contribution in [-0.4, -0.2) is 62.8 Å². The van der Waals surface area contributed by atoms with Crippen LogP contribution in [0.2, 0.25) is 5.02 Å². The summed E-state index contributed by atoms with van der Waals surface area (Å²) in [7, 11) is 0. The molecule has 1 amide bonds. The topological polar surface area (TPSA) is 44.8 Å². The number of benzene rings is 1. The lowest BCUT2D eigenvalue weighted by atomic mass is 10.2. The molecule has 2 heterocycles. The van der Waals surface area contributed by atoms with Crippen molar-refractivity contribution in [3.8, 4) is 0 Å². The lowest BCUT2D eigenvalue weighted by Gasteiger charge is -2.38. The van der Waals surface area contributed by atoms with Crippen LogP contribution in [0.4, 0.5) is 5.69 Å². The van der Waals surface area contributed by atoms with Crippen LogP contribution in [0.15, 0.2) is 24.3 Å². The van der Waals surface area contributed by atoms with E-state index in [0.717, 1.165) is 43.4 Å². The Morgan fingerprint density at radius 3 is 2.76 bits per heavy atom. The number of carbonyl (C=O) groups is 1. The number of nitrogens with one attached hydrogen (secondary N) is 1. The number of amides is 1. The van der Waals surface area contributed by atoms with Crippen LogP contribution in [0.3, 0.4) is 0 Å². The van der Waals surface area contributed by atoms with Crippen LogP contribution >= 0.6 is 11.6 Å². The van der Waals surface area contributed by atoms with E-state index in [1.54, 1.807) is 0 Å². The molecule has 21 heavy (non-hydrogen) atoms. The number of morpholine rings is 1. The first-order chi connectivity index (χ1) is 10.2. The smallest absolute Gasteiger partial charge is 0.253 e. The van der Waals surface area contributed by atoms with Gasteiger partial charge in [-0.1, -0.05) is 17.7 Å². The second-order valence-corrected chi connectivity index (χ2v) is 5.79. The molecular weight excluding hydrogens is 290 g/mol. The third kappa shape index (κ3) is 3.48. The molecule has 114 valence electrons. The molecule has 5 nitrogen and oxygen atoms in total. The third-order valence-electron chi connectivity index (χ3n) is 3.97. The molecule has 0 saturated carbocycles. The van der Waals surface area contributed by atoms with Gasteiger partial charge in [-0.05, 0) is 18.2 Å². The number of hydrogen-bond acceptors (Lipinski definition) is 4. The van der Waals surface area contributed by atoms with E-state index >= 15 is 0 Å². The molecule has 2 aliphatic rings. The average molecular weight is 310 g/mol. The van der Waals surface area contributed by atoms with E-state index < -0.39 is 0 Å². The number of rotatable bonds is 2. The molecule has 0 bridgehead atoms. The van der Waals surface area contributed by atoms with Crippen molar-refractivity contribution in [1.29, 1.82) is 0 Å².